The number of carbonyl (C=O) groups excluding carboxylic acids is 2. The van der Waals surface area contributed by atoms with Gasteiger partial charge in [0.1, 0.15) is 5.75 Å². The van der Waals surface area contributed by atoms with Gasteiger partial charge < -0.3 is 20.3 Å². The van der Waals surface area contributed by atoms with Gasteiger partial charge in [-0.05, 0) is 37.0 Å². The Bertz CT molecular complexity index is 566. The van der Waals surface area contributed by atoms with Crippen molar-refractivity contribution in [2.75, 3.05) is 26.7 Å². The average Bonchev–Trinajstić information content (AvgIpc) is 2.95. The fraction of sp³-hybridized carbons (Fsp3) is 0.600. The SMILES string of the molecule is CC[C@H](NC(=O)NCCC(=O)N1CCCCCC1)c1ccc(OC)cc1. The van der Waals surface area contributed by atoms with Gasteiger partial charge in [-0.1, -0.05) is 31.9 Å². The summed E-state index contributed by atoms with van der Waals surface area (Å²) in [5.41, 5.74) is 1.03. The lowest BCUT2D eigenvalue weighted by molar-refractivity contribution is -0.131. The molecule has 1 saturated heterocycles. The number of carbonyl (C=O) groups is 2. The van der Waals surface area contributed by atoms with Crippen LogP contribution < -0.4 is 15.4 Å². The van der Waals surface area contributed by atoms with Gasteiger partial charge in [-0.15, -0.1) is 0 Å². The molecule has 1 fully saturated rings. The number of amides is 3. The minimum absolute atomic E-state index is 0.0674. The number of likely N-dealkylation sites (tertiary alicyclic amines) is 1. The van der Waals surface area contributed by atoms with Crippen molar-refractivity contribution in [3.05, 3.63) is 29.8 Å². The summed E-state index contributed by atoms with van der Waals surface area (Å²) in [6.45, 7) is 4.08. The van der Waals surface area contributed by atoms with Crippen LogP contribution in [0.15, 0.2) is 24.3 Å². The first kappa shape index (κ1) is 20.1. The van der Waals surface area contributed by atoms with Crippen LogP contribution >= 0.6 is 0 Å². The summed E-state index contributed by atoms with van der Waals surface area (Å²) < 4.78 is 5.16. The number of nitrogens with one attached hydrogen (secondary N) is 2. The highest BCUT2D eigenvalue weighted by Gasteiger charge is 2.16. The zero-order valence-corrected chi connectivity index (χ0v) is 15.9. The topological polar surface area (TPSA) is 70.7 Å². The standard InChI is InChI=1S/C20H31N3O3/c1-3-18(16-8-10-17(26-2)11-9-16)22-20(25)21-13-12-19(24)23-14-6-4-5-7-15-23/h8-11,18H,3-7,12-15H2,1-2H3,(H2,21,22,25)/t18-/m0/s1. The molecule has 2 rings (SSSR count). The van der Waals surface area contributed by atoms with Gasteiger partial charge in [-0.2, -0.15) is 0 Å². The molecule has 0 bridgehead atoms. The Morgan fingerprint density at radius 3 is 2.35 bits per heavy atom. The molecule has 0 spiro atoms. The molecule has 1 aliphatic rings. The first-order valence-corrected chi connectivity index (χ1v) is 9.60. The van der Waals surface area contributed by atoms with Crippen LogP contribution in [0, 0.1) is 0 Å². The maximum atomic E-state index is 12.2. The summed E-state index contributed by atoms with van der Waals surface area (Å²) in [4.78, 5) is 26.3. The van der Waals surface area contributed by atoms with Gasteiger partial charge in [0.15, 0.2) is 0 Å². The predicted molar refractivity (Wildman–Crippen MR) is 102 cm³/mol. The molecule has 1 aliphatic heterocycles. The van der Waals surface area contributed by atoms with Crippen LogP contribution in [-0.2, 0) is 4.79 Å². The van der Waals surface area contributed by atoms with Gasteiger partial charge in [0.2, 0.25) is 5.91 Å². The Balaban J connectivity index is 1.74. The fourth-order valence-corrected chi connectivity index (χ4v) is 3.23. The van der Waals surface area contributed by atoms with E-state index >= 15 is 0 Å². The van der Waals surface area contributed by atoms with Gasteiger partial charge in [-0.3, -0.25) is 4.79 Å². The van der Waals surface area contributed by atoms with E-state index in [-0.39, 0.29) is 18.0 Å². The van der Waals surface area contributed by atoms with Gasteiger partial charge >= 0.3 is 6.03 Å². The van der Waals surface area contributed by atoms with Crippen molar-refractivity contribution in [3.63, 3.8) is 0 Å². The quantitative estimate of drug-likeness (QED) is 0.783. The third kappa shape index (κ3) is 6.24. The van der Waals surface area contributed by atoms with E-state index in [1.807, 2.05) is 36.1 Å². The molecule has 0 unspecified atom stereocenters. The molecule has 1 atom stereocenters. The van der Waals surface area contributed by atoms with E-state index in [9.17, 15) is 9.59 Å². The third-order valence-corrected chi connectivity index (χ3v) is 4.81. The van der Waals surface area contributed by atoms with Crippen LogP contribution in [0.5, 0.6) is 5.75 Å². The number of nitrogens with zero attached hydrogens (tertiary/aromatic N) is 1. The van der Waals surface area contributed by atoms with Crippen LogP contribution in [0.3, 0.4) is 0 Å². The number of urea groups is 1. The predicted octanol–water partition coefficient (Wildman–Crippen LogP) is 3.24. The van der Waals surface area contributed by atoms with E-state index in [1.165, 1.54) is 12.8 Å². The molecule has 3 amide bonds. The van der Waals surface area contributed by atoms with Crippen molar-refractivity contribution in [2.24, 2.45) is 0 Å². The van der Waals surface area contributed by atoms with Crippen LogP contribution in [-0.4, -0.2) is 43.6 Å². The van der Waals surface area contributed by atoms with Crippen LogP contribution in [0.4, 0.5) is 4.79 Å². The zero-order valence-electron chi connectivity index (χ0n) is 15.9. The van der Waals surface area contributed by atoms with Crippen molar-refractivity contribution < 1.29 is 14.3 Å². The van der Waals surface area contributed by atoms with Crippen molar-refractivity contribution in [1.29, 1.82) is 0 Å². The smallest absolute Gasteiger partial charge is 0.315 e. The third-order valence-electron chi connectivity index (χ3n) is 4.81. The second-order valence-electron chi connectivity index (χ2n) is 6.68. The summed E-state index contributed by atoms with van der Waals surface area (Å²) in [5.74, 6) is 0.925. The largest absolute Gasteiger partial charge is 0.497 e. The van der Waals surface area contributed by atoms with E-state index < -0.39 is 0 Å². The summed E-state index contributed by atoms with van der Waals surface area (Å²) in [5, 5.41) is 5.77. The summed E-state index contributed by atoms with van der Waals surface area (Å²) >= 11 is 0. The highest BCUT2D eigenvalue weighted by Crippen LogP contribution is 2.19. The lowest BCUT2D eigenvalue weighted by Gasteiger charge is -2.21. The molecule has 2 N–H and O–H groups in total. The lowest BCUT2D eigenvalue weighted by Crippen LogP contribution is -2.40. The number of methoxy groups -OCH3 is 1. The van der Waals surface area contributed by atoms with Crippen molar-refractivity contribution >= 4 is 11.9 Å². The molecular weight excluding hydrogens is 330 g/mol. The summed E-state index contributed by atoms with van der Waals surface area (Å²) in [6, 6.07) is 7.37. The van der Waals surface area contributed by atoms with E-state index in [4.69, 9.17) is 4.74 Å². The fourth-order valence-electron chi connectivity index (χ4n) is 3.23. The van der Waals surface area contributed by atoms with Gasteiger partial charge in [0, 0.05) is 26.1 Å². The normalized spacial score (nSPS) is 15.7. The molecule has 0 aromatic heterocycles. The van der Waals surface area contributed by atoms with Crippen molar-refractivity contribution in [3.8, 4) is 5.75 Å². The highest BCUT2D eigenvalue weighted by molar-refractivity contribution is 5.78. The molecule has 6 nitrogen and oxygen atoms in total. The highest BCUT2D eigenvalue weighted by atomic mass is 16.5. The second kappa shape index (κ2) is 10.7. The Hall–Kier alpha value is -2.24. The molecule has 0 saturated carbocycles. The zero-order chi connectivity index (χ0) is 18.8. The molecule has 1 heterocycles. The van der Waals surface area contributed by atoms with Crippen LogP contribution in [0.2, 0.25) is 0 Å². The van der Waals surface area contributed by atoms with E-state index in [2.05, 4.69) is 10.6 Å². The van der Waals surface area contributed by atoms with E-state index in [0.29, 0.717) is 13.0 Å². The lowest BCUT2D eigenvalue weighted by atomic mass is 10.0. The molecule has 26 heavy (non-hydrogen) atoms. The molecule has 0 radical (unpaired) electrons. The second-order valence-corrected chi connectivity index (χ2v) is 6.68. The summed E-state index contributed by atoms with van der Waals surface area (Å²) in [6.07, 6.45) is 5.71. The van der Waals surface area contributed by atoms with Crippen molar-refractivity contribution in [1.82, 2.24) is 15.5 Å². The van der Waals surface area contributed by atoms with Crippen LogP contribution in [0.1, 0.15) is 57.1 Å². The molecule has 6 heteroatoms. The van der Waals surface area contributed by atoms with Crippen LogP contribution in [0.25, 0.3) is 0 Å². The molecule has 0 aliphatic carbocycles. The molecule has 1 aromatic rings. The van der Waals surface area contributed by atoms with E-state index in [1.54, 1.807) is 7.11 Å². The van der Waals surface area contributed by atoms with Crippen molar-refractivity contribution in [2.45, 2.75) is 51.5 Å². The first-order valence-electron chi connectivity index (χ1n) is 9.60. The van der Waals surface area contributed by atoms with Gasteiger partial charge in [0.25, 0.3) is 0 Å². The molecule has 1 aromatic carbocycles. The maximum absolute atomic E-state index is 12.2. The molecular formula is C20H31N3O3. The Morgan fingerprint density at radius 1 is 1.12 bits per heavy atom. The number of benzene rings is 1. The first-order chi connectivity index (χ1) is 12.6. The number of ether oxygens (including phenoxy) is 1. The maximum Gasteiger partial charge on any atom is 0.315 e. The average molecular weight is 361 g/mol. The number of hydrogen-bond acceptors (Lipinski definition) is 3. The minimum atomic E-state index is -0.240. The number of rotatable bonds is 7. The monoisotopic (exact) mass is 361 g/mol. The van der Waals surface area contributed by atoms with Gasteiger partial charge in [-0.25, -0.2) is 4.79 Å². The number of hydrogen-bond donors (Lipinski definition) is 2. The Morgan fingerprint density at radius 2 is 1.77 bits per heavy atom. The van der Waals surface area contributed by atoms with Gasteiger partial charge in [0.05, 0.1) is 13.2 Å². The molecule has 144 valence electrons. The summed E-state index contributed by atoms with van der Waals surface area (Å²) in [7, 11) is 1.63. The van der Waals surface area contributed by atoms with E-state index in [0.717, 1.165) is 43.7 Å². The minimum Gasteiger partial charge on any atom is -0.497 e. The Kier molecular flexibility index (Phi) is 8.25. The Labute approximate surface area is 156 Å².